The molecule has 70 valence electrons. The molecule has 2 heteroatoms. The molecule has 1 atom stereocenters. The first kappa shape index (κ1) is 8.70. The van der Waals surface area contributed by atoms with Crippen LogP contribution in [-0.4, -0.2) is 12.6 Å². The van der Waals surface area contributed by atoms with Gasteiger partial charge >= 0.3 is 0 Å². The Bertz CT molecular complexity index is 264. The molecule has 0 bridgehead atoms. The summed E-state index contributed by atoms with van der Waals surface area (Å²) in [6, 6.07) is 7.50. The zero-order valence-corrected chi connectivity index (χ0v) is 7.59. The second kappa shape index (κ2) is 3.88. The minimum atomic E-state index is -0.148. The van der Waals surface area contributed by atoms with Gasteiger partial charge in [-0.25, -0.2) is 4.39 Å². The van der Waals surface area contributed by atoms with Crippen molar-refractivity contribution in [3.63, 3.8) is 0 Å². The van der Waals surface area contributed by atoms with E-state index < -0.39 is 0 Å². The molecular weight excluding hydrogens is 165 g/mol. The van der Waals surface area contributed by atoms with Gasteiger partial charge in [0, 0.05) is 6.04 Å². The van der Waals surface area contributed by atoms with Crippen LogP contribution in [0.5, 0.6) is 0 Å². The second-order valence-corrected chi connectivity index (χ2v) is 3.60. The van der Waals surface area contributed by atoms with Gasteiger partial charge in [-0.05, 0) is 43.5 Å². The van der Waals surface area contributed by atoms with E-state index >= 15 is 0 Å². The smallest absolute Gasteiger partial charge is 0.123 e. The number of benzene rings is 1. The van der Waals surface area contributed by atoms with Crippen LogP contribution in [0.2, 0.25) is 0 Å². The predicted octanol–water partition coefficient (Wildman–Crippen LogP) is 2.12. The standard InChI is InChI=1S/C11H14FN/c12-10-4-1-9(2-5-10)3-6-11-7-8-13-11/h1-2,4-5,11,13H,3,6-8H2. The lowest BCUT2D eigenvalue weighted by Crippen LogP contribution is -2.42. The number of hydrogen-bond acceptors (Lipinski definition) is 1. The van der Waals surface area contributed by atoms with Crippen LogP contribution in [0.4, 0.5) is 4.39 Å². The summed E-state index contributed by atoms with van der Waals surface area (Å²) in [5.74, 6) is -0.148. The van der Waals surface area contributed by atoms with Crippen LogP contribution in [0, 0.1) is 5.82 Å². The number of rotatable bonds is 3. The Morgan fingerprint density at radius 2 is 2.00 bits per heavy atom. The lowest BCUT2D eigenvalue weighted by molar-refractivity contribution is 0.351. The predicted molar refractivity (Wildman–Crippen MR) is 51.1 cm³/mol. The second-order valence-electron chi connectivity index (χ2n) is 3.60. The molecule has 1 unspecified atom stereocenters. The molecule has 13 heavy (non-hydrogen) atoms. The Labute approximate surface area is 78.0 Å². The van der Waals surface area contributed by atoms with Gasteiger partial charge in [-0.2, -0.15) is 0 Å². The van der Waals surface area contributed by atoms with E-state index in [1.54, 1.807) is 0 Å². The molecule has 1 heterocycles. The Morgan fingerprint density at radius 3 is 2.54 bits per heavy atom. The van der Waals surface area contributed by atoms with Crippen LogP contribution in [0.1, 0.15) is 18.4 Å². The molecular formula is C11H14FN. The monoisotopic (exact) mass is 179 g/mol. The van der Waals surface area contributed by atoms with Crippen molar-refractivity contribution in [3.05, 3.63) is 35.6 Å². The zero-order valence-electron chi connectivity index (χ0n) is 7.59. The highest BCUT2D eigenvalue weighted by Gasteiger charge is 2.15. The minimum Gasteiger partial charge on any atom is -0.314 e. The van der Waals surface area contributed by atoms with Gasteiger partial charge in [0.1, 0.15) is 5.82 Å². The molecule has 1 nitrogen and oxygen atoms in total. The molecule has 1 aromatic carbocycles. The third kappa shape index (κ3) is 2.28. The van der Waals surface area contributed by atoms with Gasteiger partial charge in [-0.15, -0.1) is 0 Å². The van der Waals surface area contributed by atoms with E-state index in [2.05, 4.69) is 5.32 Å². The first-order valence-electron chi connectivity index (χ1n) is 4.82. The summed E-state index contributed by atoms with van der Waals surface area (Å²) >= 11 is 0. The van der Waals surface area contributed by atoms with Crippen LogP contribution in [0.3, 0.4) is 0 Å². The van der Waals surface area contributed by atoms with E-state index in [1.165, 1.54) is 30.5 Å². The van der Waals surface area contributed by atoms with Gasteiger partial charge in [-0.1, -0.05) is 12.1 Å². The molecule has 0 aromatic heterocycles. The van der Waals surface area contributed by atoms with Crippen molar-refractivity contribution in [2.45, 2.75) is 25.3 Å². The topological polar surface area (TPSA) is 12.0 Å². The first-order chi connectivity index (χ1) is 6.34. The van der Waals surface area contributed by atoms with Crippen molar-refractivity contribution in [3.8, 4) is 0 Å². The Balaban J connectivity index is 1.83. The summed E-state index contributed by atoms with van der Waals surface area (Å²) in [5.41, 5.74) is 1.23. The lowest BCUT2D eigenvalue weighted by atomic mass is 9.98. The Kier molecular flexibility index (Phi) is 2.60. The molecule has 1 aliphatic rings. The van der Waals surface area contributed by atoms with E-state index in [0.29, 0.717) is 6.04 Å². The van der Waals surface area contributed by atoms with Crippen LogP contribution in [0.25, 0.3) is 0 Å². The molecule has 0 amide bonds. The molecule has 0 radical (unpaired) electrons. The van der Waals surface area contributed by atoms with Gasteiger partial charge in [0.05, 0.1) is 0 Å². The maximum atomic E-state index is 12.6. The average Bonchev–Trinajstić information content (AvgIpc) is 2.05. The number of halogens is 1. The highest BCUT2D eigenvalue weighted by Crippen LogP contribution is 2.12. The van der Waals surface area contributed by atoms with Crippen molar-refractivity contribution in [1.82, 2.24) is 5.32 Å². The van der Waals surface area contributed by atoms with E-state index in [9.17, 15) is 4.39 Å². The molecule has 0 aliphatic carbocycles. The van der Waals surface area contributed by atoms with Gasteiger partial charge in [0.15, 0.2) is 0 Å². The third-order valence-corrected chi connectivity index (χ3v) is 2.62. The normalized spacial score (nSPS) is 21.2. The molecule has 1 fully saturated rings. The highest BCUT2D eigenvalue weighted by molar-refractivity contribution is 5.16. The van der Waals surface area contributed by atoms with Crippen LogP contribution >= 0.6 is 0 Å². The van der Waals surface area contributed by atoms with Crippen LogP contribution in [-0.2, 0) is 6.42 Å². The summed E-state index contributed by atoms with van der Waals surface area (Å²) in [4.78, 5) is 0. The fourth-order valence-corrected chi connectivity index (χ4v) is 1.59. The van der Waals surface area contributed by atoms with E-state index in [4.69, 9.17) is 0 Å². The SMILES string of the molecule is Fc1ccc(CCC2CCN2)cc1. The van der Waals surface area contributed by atoms with Gasteiger partial charge in [0.2, 0.25) is 0 Å². The summed E-state index contributed by atoms with van der Waals surface area (Å²) in [5, 5.41) is 3.35. The molecule has 1 aromatic rings. The molecule has 1 saturated heterocycles. The van der Waals surface area contributed by atoms with Crippen molar-refractivity contribution < 1.29 is 4.39 Å². The number of nitrogens with one attached hydrogen (secondary N) is 1. The van der Waals surface area contributed by atoms with E-state index in [1.807, 2.05) is 12.1 Å². The summed E-state index contributed by atoms with van der Waals surface area (Å²) < 4.78 is 12.6. The molecule has 0 spiro atoms. The maximum Gasteiger partial charge on any atom is 0.123 e. The van der Waals surface area contributed by atoms with E-state index in [-0.39, 0.29) is 5.82 Å². The highest BCUT2D eigenvalue weighted by atomic mass is 19.1. The van der Waals surface area contributed by atoms with Gasteiger partial charge < -0.3 is 5.32 Å². The van der Waals surface area contributed by atoms with Gasteiger partial charge in [0.25, 0.3) is 0 Å². The number of aryl methyl sites for hydroxylation is 1. The van der Waals surface area contributed by atoms with Crippen LogP contribution in [0.15, 0.2) is 24.3 Å². The van der Waals surface area contributed by atoms with Crippen LogP contribution < -0.4 is 5.32 Å². The zero-order chi connectivity index (χ0) is 9.10. The quantitative estimate of drug-likeness (QED) is 0.749. The van der Waals surface area contributed by atoms with Crippen molar-refractivity contribution >= 4 is 0 Å². The molecule has 2 rings (SSSR count). The largest absolute Gasteiger partial charge is 0.314 e. The molecule has 1 N–H and O–H groups in total. The van der Waals surface area contributed by atoms with E-state index in [0.717, 1.165) is 13.0 Å². The summed E-state index contributed by atoms with van der Waals surface area (Å²) in [7, 11) is 0. The number of hydrogen-bond donors (Lipinski definition) is 1. The van der Waals surface area contributed by atoms with Crippen molar-refractivity contribution in [2.75, 3.05) is 6.54 Å². The third-order valence-electron chi connectivity index (χ3n) is 2.62. The Hall–Kier alpha value is -0.890. The van der Waals surface area contributed by atoms with Crippen molar-refractivity contribution in [2.24, 2.45) is 0 Å². The summed E-state index contributed by atoms with van der Waals surface area (Å²) in [6.07, 6.45) is 3.52. The van der Waals surface area contributed by atoms with Crippen molar-refractivity contribution in [1.29, 1.82) is 0 Å². The maximum absolute atomic E-state index is 12.6. The molecule has 0 saturated carbocycles. The summed E-state index contributed by atoms with van der Waals surface area (Å²) in [6.45, 7) is 1.16. The minimum absolute atomic E-state index is 0.148. The lowest BCUT2D eigenvalue weighted by Gasteiger charge is -2.27. The molecule has 1 aliphatic heterocycles. The fourth-order valence-electron chi connectivity index (χ4n) is 1.59. The van der Waals surface area contributed by atoms with Gasteiger partial charge in [-0.3, -0.25) is 0 Å². The Morgan fingerprint density at radius 1 is 1.31 bits per heavy atom. The fraction of sp³-hybridized carbons (Fsp3) is 0.455. The average molecular weight is 179 g/mol. The first-order valence-corrected chi connectivity index (χ1v) is 4.82.